The number of hydrogen-bond donors (Lipinski definition) is 1. The number of pyridine rings is 1. The van der Waals surface area contributed by atoms with E-state index in [2.05, 4.69) is 18.5 Å². The molecule has 0 unspecified atom stereocenters. The van der Waals surface area contributed by atoms with Crippen LogP contribution >= 0.6 is 0 Å². The molecule has 0 bridgehead atoms. The molecule has 0 aliphatic carbocycles. The van der Waals surface area contributed by atoms with E-state index < -0.39 is 0 Å². The zero-order chi connectivity index (χ0) is 22.8. The van der Waals surface area contributed by atoms with Gasteiger partial charge in [-0.2, -0.15) is 0 Å². The van der Waals surface area contributed by atoms with Gasteiger partial charge in [0.2, 0.25) is 0 Å². The van der Waals surface area contributed by atoms with Crippen LogP contribution in [0.4, 0.5) is 5.82 Å². The highest BCUT2D eigenvalue weighted by molar-refractivity contribution is 5.73. The third kappa shape index (κ3) is 6.36. The Bertz CT molecular complexity index is 1110. The Morgan fingerprint density at radius 2 is 1.81 bits per heavy atom. The number of nitrogens with two attached hydrogens (primary N) is 1. The van der Waals surface area contributed by atoms with Crippen molar-refractivity contribution in [3.8, 4) is 17.1 Å². The maximum atomic E-state index is 6.23. The molecule has 3 aromatic rings. The van der Waals surface area contributed by atoms with Gasteiger partial charge in [0.25, 0.3) is 0 Å². The maximum absolute atomic E-state index is 6.23. The molecule has 4 heteroatoms. The van der Waals surface area contributed by atoms with E-state index >= 15 is 0 Å². The molecular formula is C28H34N2O2. The summed E-state index contributed by atoms with van der Waals surface area (Å²) in [6.45, 7) is 9.16. The highest BCUT2D eigenvalue weighted by atomic mass is 16.5. The standard InChI is InChI=1S/C28H34N2O2/c1-4-6-7-8-9-10-18-31-24-15-12-22(13-16-24)26-19-21(3)28(32-26)25(11-5-2)23-14-17-27(29)30-20-23/h5,11-17,19-20H,3-4,6-10,18H2,1-2H3,(H2,29,30)/b11-5-,28-25-. The first kappa shape index (κ1) is 23.4. The van der Waals surface area contributed by atoms with Crippen molar-refractivity contribution in [2.45, 2.75) is 52.4 Å². The van der Waals surface area contributed by atoms with Crippen molar-refractivity contribution in [2.75, 3.05) is 12.3 Å². The molecule has 0 saturated carbocycles. The molecule has 0 aliphatic rings. The second-order valence-corrected chi connectivity index (χ2v) is 7.99. The second-order valence-electron chi connectivity index (χ2n) is 7.99. The SMILES string of the molecule is C=c1cc(-c2ccc(OCCCCCCCC)cc2)o/c1=C(/C=C\C)c1ccc(N)nc1. The molecule has 32 heavy (non-hydrogen) atoms. The maximum Gasteiger partial charge on any atom is 0.142 e. The number of aromatic nitrogens is 1. The summed E-state index contributed by atoms with van der Waals surface area (Å²) in [6, 6.07) is 13.7. The number of nitrogens with zero attached hydrogens (tertiary/aromatic N) is 1. The lowest BCUT2D eigenvalue weighted by atomic mass is 10.1. The van der Waals surface area contributed by atoms with Crippen molar-refractivity contribution in [1.82, 2.24) is 4.98 Å². The molecule has 0 saturated heterocycles. The quantitative estimate of drug-likeness (QED) is 0.388. The lowest BCUT2D eigenvalue weighted by molar-refractivity contribution is 0.304. The molecule has 0 radical (unpaired) electrons. The molecule has 0 atom stereocenters. The van der Waals surface area contributed by atoms with Crippen LogP contribution in [0.3, 0.4) is 0 Å². The molecule has 2 N–H and O–H groups in total. The number of rotatable bonds is 11. The Morgan fingerprint density at radius 1 is 1.06 bits per heavy atom. The number of benzene rings is 1. The molecule has 3 rings (SSSR count). The van der Waals surface area contributed by atoms with E-state index in [9.17, 15) is 0 Å². The molecule has 1 aromatic carbocycles. The molecule has 0 spiro atoms. The number of furan rings is 1. The number of anilines is 1. The first-order chi connectivity index (χ1) is 15.6. The highest BCUT2D eigenvalue weighted by Crippen LogP contribution is 2.22. The third-order valence-electron chi connectivity index (χ3n) is 5.39. The van der Waals surface area contributed by atoms with Gasteiger partial charge in [-0.05, 0) is 55.8 Å². The van der Waals surface area contributed by atoms with Crippen molar-refractivity contribution in [1.29, 1.82) is 0 Å². The van der Waals surface area contributed by atoms with E-state index in [1.54, 1.807) is 12.3 Å². The number of unbranched alkanes of at least 4 members (excludes halogenated alkanes) is 5. The normalized spacial score (nSPS) is 12.3. The van der Waals surface area contributed by atoms with Gasteiger partial charge in [-0.3, -0.25) is 0 Å². The Balaban J connectivity index is 1.73. The minimum absolute atomic E-state index is 0.488. The van der Waals surface area contributed by atoms with Crippen LogP contribution in [-0.2, 0) is 0 Å². The monoisotopic (exact) mass is 430 g/mol. The van der Waals surface area contributed by atoms with E-state index in [4.69, 9.17) is 14.9 Å². The third-order valence-corrected chi connectivity index (χ3v) is 5.39. The summed E-state index contributed by atoms with van der Waals surface area (Å²) in [7, 11) is 0. The summed E-state index contributed by atoms with van der Waals surface area (Å²) < 4.78 is 12.1. The summed E-state index contributed by atoms with van der Waals surface area (Å²) in [6.07, 6.45) is 13.3. The van der Waals surface area contributed by atoms with Crippen molar-refractivity contribution in [2.24, 2.45) is 0 Å². The van der Waals surface area contributed by atoms with E-state index in [0.29, 0.717) is 5.82 Å². The number of hydrogen-bond acceptors (Lipinski definition) is 4. The average molecular weight is 431 g/mol. The van der Waals surface area contributed by atoms with Crippen molar-refractivity contribution < 1.29 is 9.15 Å². The van der Waals surface area contributed by atoms with Gasteiger partial charge in [-0.1, -0.05) is 57.8 Å². The molecular weight excluding hydrogens is 396 g/mol. The van der Waals surface area contributed by atoms with E-state index in [-0.39, 0.29) is 0 Å². The van der Waals surface area contributed by atoms with Crippen LogP contribution in [0.2, 0.25) is 0 Å². The number of nitrogen functional groups attached to an aromatic ring is 1. The topological polar surface area (TPSA) is 61.3 Å². The summed E-state index contributed by atoms with van der Waals surface area (Å²) in [5.41, 5.74) is 9.32. The molecule has 0 fully saturated rings. The van der Waals surface area contributed by atoms with Gasteiger partial charge < -0.3 is 14.9 Å². The smallest absolute Gasteiger partial charge is 0.142 e. The fourth-order valence-corrected chi connectivity index (χ4v) is 3.62. The number of ether oxygens (including phenoxy) is 1. The molecule has 0 aliphatic heterocycles. The molecule has 168 valence electrons. The minimum atomic E-state index is 0.488. The summed E-state index contributed by atoms with van der Waals surface area (Å²) in [5.74, 6) is 2.15. The Kier molecular flexibility index (Phi) is 8.73. The molecule has 0 amide bonds. The van der Waals surface area contributed by atoms with Crippen LogP contribution in [0.15, 0.2) is 65.2 Å². The highest BCUT2D eigenvalue weighted by Gasteiger charge is 2.08. The Labute approximate surface area is 191 Å². The predicted octanol–water partition coefficient (Wildman–Crippen LogP) is 5.85. The first-order valence-electron chi connectivity index (χ1n) is 11.5. The van der Waals surface area contributed by atoms with Gasteiger partial charge in [-0.25, -0.2) is 4.98 Å². The molecule has 4 nitrogen and oxygen atoms in total. The van der Waals surface area contributed by atoms with Crippen molar-refractivity contribution in [3.63, 3.8) is 0 Å². The number of allylic oxidation sites excluding steroid dienone is 2. The largest absolute Gasteiger partial charge is 0.494 e. The van der Waals surface area contributed by atoms with E-state index in [1.165, 1.54) is 32.1 Å². The van der Waals surface area contributed by atoms with Crippen LogP contribution in [-0.4, -0.2) is 11.6 Å². The van der Waals surface area contributed by atoms with Gasteiger partial charge in [-0.15, -0.1) is 0 Å². The molecule has 2 heterocycles. The van der Waals surface area contributed by atoms with Crippen LogP contribution in [0.1, 0.15) is 57.9 Å². The minimum Gasteiger partial charge on any atom is -0.494 e. The van der Waals surface area contributed by atoms with E-state index in [0.717, 1.165) is 51.9 Å². The Morgan fingerprint density at radius 3 is 2.50 bits per heavy atom. The first-order valence-corrected chi connectivity index (χ1v) is 11.5. The van der Waals surface area contributed by atoms with Gasteiger partial charge >= 0.3 is 0 Å². The Hall–Kier alpha value is -3.27. The van der Waals surface area contributed by atoms with Crippen LogP contribution < -0.4 is 21.1 Å². The lowest BCUT2D eigenvalue weighted by Crippen LogP contribution is -2.20. The lowest BCUT2D eigenvalue weighted by Gasteiger charge is -2.06. The zero-order valence-electron chi connectivity index (χ0n) is 19.3. The fourth-order valence-electron chi connectivity index (χ4n) is 3.62. The van der Waals surface area contributed by atoms with Gasteiger partial charge in [0, 0.05) is 28.1 Å². The van der Waals surface area contributed by atoms with E-state index in [1.807, 2.05) is 55.5 Å². The van der Waals surface area contributed by atoms with Crippen molar-refractivity contribution >= 4 is 18.0 Å². The van der Waals surface area contributed by atoms with Gasteiger partial charge in [0.15, 0.2) is 0 Å². The summed E-state index contributed by atoms with van der Waals surface area (Å²) in [4.78, 5) is 4.21. The van der Waals surface area contributed by atoms with Crippen LogP contribution in [0.25, 0.3) is 23.5 Å². The van der Waals surface area contributed by atoms with Crippen LogP contribution in [0.5, 0.6) is 5.75 Å². The summed E-state index contributed by atoms with van der Waals surface area (Å²) in [5, 5.41) is 0.827. The average Bonchev–Trinajstić information content (AvgIpc) is 3.19. The molecule has 2 aromatic heterocycles. The zero-order valence-corrected chi connectivity index (χ0v) is 19.3. The van der Waals surface area contributed by atoms with Gasteiger partial charge in [0.05, 0.1) is 6.61 Å². The fraction of sp³-hybridized carbons (Fsp3) is 0.321. The summed E-state index contributed by atoms with van der Waals surface area (Å²) >= 11 is 0. The van der Waals surface area contributed by atoms with Crippen LogP contribution in [0, 0.1) is 0 Å². The van der Waals surface area contributed by atoms with Crippen molar-refractivity contribution in [3.05, 3.63) is 77.0 Å². The second kappa shape index (κ2) is 11.9. The predicted molar refractivity (Wildman–Crippen MR) is 134 cm³/mol. The van der Waals surface area contributed by atoms with Gasteiger partial charge in [0.1, 0.15) is 22.7 Å².